The molecule has 0 radical (unpaired) electrons. The van der Waals surface area contributed by atoms with Crippen LogP contribution in [0.3, 0.4) is 0 Å². The predicted octanol–water partition coefficient (Wildman–Crippen LogP) is 2.49. The van der Waals surface area contributed by atoms with Crippen LogP contribution >= 0.6 is 11.6 Å². The van der Waals surface area contributed by atoms with Crippen molar-refractivity contribution >= 4 is 27.3 Å². The molecule has 0 aromatic carbocycles. The van der Waals surface area contributed by atoms with Gasteiger partial charge in [-0.05, 0) is 19.8 Å². The lowest BCUT2D eigenvalue weighted by atomic mass is 10.1. The van der Waals surface area contributed by atoms with Gasteiger partial charge >= 0.3 is 0 Å². The van der Waals surface area contributed by atoms with Gasteiger partial charge < -0.3 is 5.32 Å². The molecule has 7 heteroatoms. The van der Waals surface area contributed by atoms with E-state index < -0.39 is 14.6 Å². The quantitative estimate of drug-likeness (QED) is 0.846. The molecule has 1 rings (SSSR count). The summed E-state index contributed by atoms with van der Waals surface area (Å²) in [6.45, 7) is 7.58. The number of aromatic nitrogens is 2. The minimum atomic E-state index is -3.15. The Bertz CT molecular complexity index is 556. The van der Waals surface area contributed by atoms with Gasteiger partial charge in [0.15, 0.2) is 9.84 Å². The Morgan fingerprint density at radius 1 is 1.37 bits per heavy atom. The first-order valence-corrected chi connectivity index (χ1v) is 8.27. The SMILES string of the molecule is CC(C)c1c(Cl)ncnc1NCC(C)(C)S(C)(=O)=O. The summed E-state index contributed by atoms with van der Waals surface area (Å²) in [6, 6.07) is 0. The van der Waals surface area contributed by atoms with Crippen LogP contribution in [0.5, 0.6) is 0 Å². The number of sulfone groups is 1. The van der Waals surface area contributed by atoms with Crippen molar-refractivity contribution in [2.45, 2.75) is 38.4 Å². The van der Waals surface area contributed by atoms with E-state index in [1.54, 1.807) is 13.8 Å². The van der Waals surface area contributed by atoms with E-state index in [1.165, 1.54) is 12.6 Å². The average molecular weight is 306 g/mol. The van der Waals surface area contributed by atoms with Gasteiger partial charge in [-0.2, -0.15) is 0 Å². The Kier molecular flexibility index (Phi) is 4.79. The Morgan fingerprint density at radius 2 is 1.95 bits per heavy atom. The maximum atomic E-state index is 11.7. The van der Waals surface area contributed by atoms with E-state index in [0.717, 1.165) is 5.56 Å². The van der Waals surface area contributed by atoms with Crippen LogP contribution in [-0.4, -0.2) is 35.9 Å². The van der Waals surface area contributed by atoms with Crippen molar-refractivity contribution in [2.75, 3.05) is 18.1 Å². The maximum Gasteiger partial charge on any atom is 0.154 e. The molecular formula is C12H20ClN3O2S. The van der Waals surface area contributed by atoms with Crippen molar-refractivity contribution in [1.82, 2.24) is 9.97 Å². The molecule has 0 saturated carbocycles. The van der Waals surface area contributed by atoms with E-state index >= 15 is 0 Å². The third-order valence-corrected chi connectivity index (χ3v) is 5.55. The lowest BCUT2D eigenvalue weighted by Gasteiger charge is -2.24. The molecular weight excluding hydrogens is 286 g/mol. The predicted molar refractivity (Wildman–Crippen MR) is 78.5 cm³/mol. The van der Waals surface area contributed by atoms with Crippen LogP contribution in [0.25, 0.3) is 0 Å². The Hall–Kier alpha value is -0.880. The second-order valence-corrected chi connectivity index (χ2v) is 8.47. The van der Waals surface area contributed by atoms with Crippen LogP contribution < -0.4 is 5.32 Å². The number of hydrogen-bond donors (Lipinski definition) is 1. The van der Waals surface area contributed by atoms with Crippen LogP contribution in [0.1, 0.15) is 39.2 Å². The zero-order valence-electron chi connectivity index (χ0n) is 11.9. The molecule has 0 aliphatic carbocycles. The van der Waals surface area contributed by atoms with E-state index in [1.807, 2.05) is 13.8 Å². The summed E-state index contributed by atoms with van der Waals surface area (Å²) in [4.78, 5) is 8.09. The minimum Gasteiger partial charge on any atom is -0.368 e. The number of nitrogens with zero attached hydrogens (tertiary/aromatic N) is 2. The molecule has 0 fully saturated rings. The highest BCUT2D eigenvalue weighted by Gasteiger charge is 2.30. The second-order valence-electron chi connectivity index (χ2n) is 5.47. The molecule has 0 spiro atoms. The first-order chi connectivity index (χ1) is 8.56. The number of nitrogens with one attached hydrogen (secondary N) is 1. The second kappa shape index (κ2) is 5.63. The highest BCUT2D eigenvalue weighted by atomic mass is 35.5. The smallest absolute Gasteiger partial charge is 0.154 e. The average Bonchev–Trinajstić information content (AvgIpc) is 2.24. The molecule has 0 saturated heterocycles. The fourth-order valence-electron chi connectivity index (χ4n) is 1.45. The van der Waals surface area contributed by atoms with E-state index in [9.17, 15) is 8.42 Å². The van der Waals surface area contributed by atoms with Crippen molar-refractivity contribution in [3.05, 3.63) is 17.0 Å². The Morgan fingerprint density at radius 3 is 2.42 bits per heavy atom. The van der Waals surface area contributed by atoms with Crippen LogP contribution in [0.15, 0.2) is 6.33 Å². The maximum absolute atomic E-state index is 11.7. The van der Waals surface area contributed by atoms with Crippen molar-refractivity contribution in [3.8, 4) is 0 Å². The van der Waals surface area contributed by atoms with Crippen molar-refractivity contribution in [2.24, 2.45) is 0 Å². The molecule has 1 N–H and O–H groups in total. The number of anilines is 1. The van der Waals surface area contributed by atoms with Gasteiger partial charge in [-0.25, -0.2) is 18.4 Å². The molecule has 0 aliphatic rings. The Balaban J connectivity index is 3.00. The summed E-state index contributed by atoms with van der Waals surface area (Å²) in [6.07, 6.45) is 2.59. The van der Waals surface area contributed by atoms with Gasteiger partial charge in [0.2, 0.25) is 0 Å². The molecule has 0 unspecified atom stereocenters. The molecule has 1 heterocycles. The fraction of sp³-hybridized carbons (Fsp3) is 0.667. The Labute approximate surface area is 119 Å². The van der Waals surface area contributed by atoms with Crippen molar-refractivity contribution < 1.29 is 8.42 Å². The third-order valence-electron chi connectivity index (χ3n) is 3.10. The van der Waals surface area contributed by atoms with Gasteiger partial charge in [0, 0.05) is 18.4 Å². The number of halogens is 1. The molecule has 1 aromatic heterocycles. The highest BCUT2D eigenvalue weighted by molar-refractivity contribution is 7.92. The standard InChI is InChI=1S/C12H20ClN3O2S/c1-8(2)9-10(13)15-7-16-11(9)14-6-12(3,4)19(5,17)18/h7-8H,6H2,1-5H3,(H,14,15,16). The lowest BCUT2D eigenvalue weighted by Crippen LogP contribution is -2.38. The molecule has 5 nitrogen and oxygen atoms in total. The van der Waals surface area contributed by atoms with E-state index in [2.05, 4.69) is 15.3 Å². The third kappa shape index (κ3) is 3.79. The molecule has 0 amide bonds. The van der Waals surface area contributed by atoms with Crippen molar-refractivity contribution in [3.63, 3.8) is 0 Å². The highest BCUT2D eigenvalue weighted by Crippen LogP contribution is 2.28. The van der Waals surface area contributed by atoms with Crippen LogP contribution in [0, 0.1) is 0 Å². The van der Waals surface area contributed by atoms with Gasteiger partial charge in [0.05, 0.1) is 4.75 Å². The lowest BCUT2D eigenvalue weighted by molar-refractivity contribution is 0.559. The molecule has 0 bridgehead atoms. The van der Waals surface area contributed by atoms with Gasteiger partial charge in [-0.3, -0.25) is 0 Å². The first kappa shape index (κ1) is 16.2. The molecule has 1 aromatic rings. The van der Waals surface area contributed by atoms with Gasteiger partial charge in [-0.15, -0.1) is 0 Å². The van der Waals surface area contributed by atoms with E-state index in [4.69, 9.17) is 11.6 Å². The van der Waals surface area contributed by atoms with Crippen molar-refractivity contribution in [1.29, 1.82) is 0 Å². The summed E-state index contributed by atoms with van der Waals surface area (Å²) in [5.41, 5.74) is 0.800. The summed E-state index contributed by atoms with van der Waals surface area (Å²) in [5, 5.41) is 3.46. The van der Waals surface area contributed by atoms with Gasteiger partial charge in [-0.1, -0.05) is 25.4 Å². The van der Waals surface area contributed by atoms with Gasteiger partial charge in [0.1, 0.15) is 17.3 Å². The van der Waals surface area contributed by atoms with E-state index in [0.29, 0.717) is 11.0 Å². The monoisotopic (exact) mass is 305 g/mol. The number of hydrogen-bond acceptors (Lipinski definition) is 5. The zero-order chi connectivity index (χ0) is 14.8. The molecule has 0 aliphatic heterocycles. The summed E-state index contributed by atoms with van der Waals surface area (Å²) in [5.74, 6) is 0.740. The largest absolute Gasteiger partial charge is 0.368 e. The summed E-state index contributed by atoms with van der Waals surface area (Å²) in [7, 11) is -3.15. The van der Waals surface area contributed by atoms with E-state index in [-0.39, 0.29) is 12.5 Å². The first-order valence-electron chi connectivity index (χ1n) is 6.00. The van der Waals surface area contributed by atoms with Crippen LogP contribution in [0.2, 0.25) is 5.15 Å². The van der Waals surface area contributed by atoms with Crippen LogP contribution in [0.4, 0.5) is 5.82 Å². The normalized spacial score (nSPS) is 12.8. The zero-order valence-corrected chi connectivity index (χ0v) is 13.4. The number of rotatable bonds is 5. The molecule has 19 heavy (non-hydrogen) atoms. The summed E-state index contributed by atoms with van der Waals surface area (Å²) < 4.78 is 22.4. The fourth-order valence-corrected chi connectivity index (χ4v) is 2.14. The van der Waals surface area contributed by atoms with Crippen LogP contribution in [-0.2, 0) is 9.84 Å². The molecule has 108 valence electrons. The van der Waals surface area contributed by atoms with Gasteiger partial charge in [0.25, 0.3) is 0 Å². The summed E-state index contributed by atoms with van der Waals surface area (Å²) >= 11 is 6.05. The topological polar surface area (TPSA) is 72.0 Å². The minimum absolute atomic E-state index is 0.151. The molecule has 0 atom stereocenters.